The van der Waals surface area contributed by atoms with Crippen LogP contribution in [0.4, 0.5) is 10.1 Å². The molecule has 2 aliphatic rings. The van der Waals surface area contributed by atoms with Crippen LogP contribution in [0.2, 0.25) is 5.02 Å². The molecule has 0 N–H and O–H groups in total. The lowest BCUT2D eigenvalue weighted by Gasteiger charge is -2.39. The van der Waals surface area contributed by atoms with Crippen molar-refractivity contribution in [2.45, 2.75) is 18.6 Å². The molecular formula is C13H15ClFNO2. The summed E-state index contributed by atoms with van der Waals surface area (Å²) in [6.07, 6.45) is 1.58. The molecule has 0 saturated carbocycles. The molecule has 0 unspecified atom stereocenters. The van der Waals surface area contributed by atoms with Crippen LogP contribution >= 0.6 is 11.6 Å². The van der Waals surface area contributed by atoms with Gasteiger partial charge in [0.25, 0.3) is 0 Å². The summed E-state index contributed by atoms with van der Waals surface area (Å²) in [5.41, 5.74) is 0.754. The molecule has 0 bridgehead atoms. The van der Waals surface area contributed by atoms with Crippen LogP contribution < -0.4 is 4.90 Å². The van der Waals surface area contributed by atoms with Crippen molar-refractivity contribution < 1.29 is 13.9 Å². The molecule has 2 saturated heterocycles. The third-order valence-electron chi connectivity index (χ3n) is 3.61. The molecule has 98 valence electrons. The fourth-order valence-corrected chi connectivity index (χ4v) is 2.86. The molecule has 2 heterocycles. The highest BCUT2D eigenvalue weighted by molar-refractivity contribution is 6.33. The van der Waals surface area contributed by atoms with Gasteiger partial charge in [-0.25, -0.2) is 4.39 Å². The van der Waals surface area contributed by atoms with E-state index in [1.165, 1.54) is 6.07 Å². The Morgan fingerprint density at radius 2 is 1.83 bits per heavy atom. The van der Waals surface area contributed by atoms with Gasteiger partial charge >= 0.3 is 0 Å². The van der Waals surface area contributed by atoms with E-state index in [-0.39, 0.29) is 10.8 Å². The molecule has 18 heavy (non-hydrogen) atoms. The number of benzene rings is 1. The highest BCUT2D eigenvalue weighted by Gasteiger charge is 2.40. The number of hydrogen-bond donors (Lipinski definition) is 0. The minimum absolute atomic E-state index is 0.196. The van der Waals surface area contributed by atoms with Crippen LogP contribution in [0.15, 0.2) is 18.2 Å². The minimum atomic E-state index is -0.406. The number of halogens is 2. The first-order valence-electron chi connectivity index (χ1n) is 6.17. The lowest BCUT2D eigenvalue weighted by molar-refractivity contribution is -0.169. The maximum Gasteiger partial charge on any atom is 0.171 e. The zero-order valence-electron chi connectivity index (χ0n) is 9.99. The molecule has 0 amide bonds. The molecule has 1 aromatic rings. The van der Waals surface area contributed by atoms with Crippen molar-refractivity contribution >= 4 is 17.3 Å². The Morgan fingerprint density at radius 1 is 1.17 bits per heavy atom. The maximum atomic E-state index is 13.4. The Balaban J connectivity index is 1.74. The van der Waals surface area contributed by atoms with E-state index in [0.717, 1.165) is 31.6 Å². The van der Waals surface area contributed by atoms with Gasteiger partial charge in [-0.1, -0.05) is 17.7 Å². The van der Waals surface area contributed by atoms with Crippen molar-refractivity contribution in [1.82, 2.24) is 0 Å². The van der Waals surface area contributed by atoms with Gasteiger partial charge in [-0.15, -0.1) is 0 Å². The number of nitrogens with zero attached hydrogens (tertiary/aromatic N) is 1. The first kappa shape index (κ1) is 12.2. The largest absolute Gasteiger partial charge is 0.370 e. The smallest absolute Gasteiger partial charge is 0.171 e. The van der Waals surface area contributed by atoms with Crippen molar-refractivity contribution in [3.05, 3.63) is 29.0 Å². The molecule has 2 aliphatic heterocycles. The summed E-state index contributed by atoms with van der Waals surface area (Å²) in [5.74, 6) is -0.779. The van der Waals surface area contributed by atoms with E-state index >= 15 is 0 Å². The van der Waals surface area contributed by atoms with E-state index in [4.69, 9.17) is 21.1 Å². The average molecular weight is 272 g/mol. The first-order valence-corrected chi connectivity index (χ1v) is 6.55. The number of piperidine rings is 1. The van der Waals surface area contributed by atoms with E-state index < -0.39 is 5.79 Å². The van der Waals surface area contributed by atoms with Crippen LogP contribution in [0.25, 0.3) is 0 Å². The zero-order chi connectivity index (χ0) is 12.6. The van der Waals surface area contributed by atoms with Crippen molar-refractivity contribution in [3.63, 3.8) is 0 Å². The van der Waals surface area contributed by atoms with Crippen LogP contribution in [0.3, 0.4) is 0 Å². The van der Waals surface area contributed by atoms with Gasteiger partial charge in [-0.2, -0.15) is 0 Å². The van der Waals surface area contributed by atoms with Crippen LogP contribution in [-0.2, 0) is 9.47 Å². The lowest BCUT2D eigenvalue weighted by atomic mass is 10.0. The van der Waals surface area contributed by atoms with Crippen LogP contribution in [0.5, 0.6) is 0 Å². The summed E-state index contributed by atoms with van der Waals surface area (Å²) in [6.45, 7) is 2.87. The zero-order valence-corrected chi connectivity index (χ0v) is 10.8. The van der Waals surface area contributed by atoms with Gasteiger partial charge in [0.1, 0.15) is 5.82 Å². The Bertz CT molecular complexity index is 439. The molecule has 3 rings (SSSR count). The van der Waals surface area contributed by atoms with Gasteiger partial charge in [0.2, 0.25) is 0 Å². The number of ether oxygens (including phenoxy) is 2. The summed E-state index contributed by atoms with van der Waals surface area (Å²) >= 11 is 6.00. The molecule has 1 spiro atoms. The fourth-order valence-electron chi connectivity index (χ4n) is 2.61. The third-order valence-corrected chi connectivity index (χ3v) is 3.98. The van der Waals surface area contributed by atoms with E-state index in [2.05, 4.69) is 4.90 Å². The maximum absolute atomic E-state index is 13.4. The highest BCUT2D eigenvalue weighted by Crippen LogP contribution is 2.36. The summed E-state index contributed by atoms with van der Waals surface area (Å²) < 4.78 is 24.7. The van der Waals surface area contributed by atoms with E-state index in [9.17, 15) is 4.39 Å². The Hall–Kier alpha value is -0.840. The lowest BCUT2D eigenvalue weighted by Crippen LogP contribution is -2.45. The van der Waals surface area contributed by atoms with E-state index in [1.807, 2.05) is 6.07 Å². The van der Waals surface area contributed by atoms with Crippen molar-refractivity contribution in [1.29, 1.82) is 0 Å². The van der Waals surface area contributed by atoms with Gasteiger partial charge in [-0.3, -0.25) is 0 Å². The first-order chi connectivity index (χ1) is 8.70. The second kappa shape index (κ2) is 4.68. The molecule has 0 aliphatic carbocycles. The standard InChI is InChI=1S/C13H15ClFNO2/c14-12-10(15)2-1-3-11(12)16-6-4-13(5-7-16)17-8-9-18-13/h1-3H,4-9H2. The second-order valence-electron chi connectivity index (χ2n) is 4.67. The summed E-state index contributed by atoms with van der Waals surface area (Å²) in [6, 6.07) is 4.91. The SMILES string of the molecule is Fc1cccc(N2CCC3(CC2)OCCO3)c1Cl. The molecule has 0 atom stereocenters. The topological polar surface area (TPSA) is 21.7 Å². The van der Waals surface area contributed by atoms with Gasteiger partial charge in [0.05, 0.1) is 23.9 Å². The molecule has 1 aromatic carbocycles. The van der Waals surface area contributed by atoms with Crippen molar-refractivity contribution in [3.8, 4) is 0 Å². The van der Waals surface area contributed by atoms with Crippen LogP contribution in [0, 0.1) is 5.82 Å². The van der Waals surface area contributed by atoms with Gasteiger partial charge in [0.15, 0.2) is 5.79 Å². The predicted molar refractivity (Wildman–Crippen MR) is 67.5 cm³/mol. The Kier molecular flexibility index (Phi) is 3.18. The highest BCUT2D eigenvalue weighted by atomic mass is 35.5. The fraction of sp³-hybridized carbons (Fsp3) is 0.538. The van der Waals surface area contributed by atoms with Gasteiger partial charge in [0, 0.05) is 25.9 Å². The number of rotatable bonds is 1. The summed E-state index contributed by atoms with van der Waals surface area (Å²) in [7, 11) is 0. The summed E-state index contributed by atoms with van der Waals surface area (Å²) in [4.78, 5) is 2.09. The van der Waals surface area contributed by atoms with E-state index in [1.54, 1.807) is 6.07 Å². The normalized spacial score (nSPS) is 22.7. The monoisotopic (exact) mass is 271 g/mol. The van der Waals surface area contributed by atoms with Crippen LogP contribution in [0.1, 0.15) is 12.8 Å². The van der Waals surface area contributed by atoms with E-state index in [0.29, 0.717) is 13.2 Å². The quantitative estimate of drug-likeness (QED) is 0.784. The molecule has 0 aromatic heterocycles. The molecule has 2 fully saturated rings. The molecular weight excluding hydrogens is 257 g/mol. The molecule has 0 radical (unpaired) electrons. The number of hydrogen-bond acceptors (Lipinski definition) is 3. The number of anilines is 1. The second-order valence-corrected chi connectivity index (χ2v) is 5.05. The predicted octanol–water partition coefficient (Wildman–Crippen LogP) is 2.82. The minimum Gasteiger partial charge on any atom is -0.370 e. The average Bonchev–Trinajstić information content (AvgIpc) is 2.83. The summed E-state index contributed by atoms with van der Waals surface area (Å²) in [5, 5.41) is 0.196. The molecule has 3 nitrogen and oxygen atoms in total. The van der Waals surface area contributed by atoms with Crippen molar-refractivity contribution in [2.24, 2.45) is 0 Å². The van der Waals surface area contributed by atoms with Gasteiger partial charge in [-0.05, 0) is 12.1 Å². The van der Waals surface area contributed by atoms with Gasteiger partial charge < -0.3 is 14.4 Å². The van der Waals surface area contributed by atoms with Crippen molar-refractivity contribution in [2.75, 3.05) is 31.2 Å². The molecule has 5 heteroatoms. The third kappa shape index (κ3) is 2.09. The Labute approximate surface area is 110 Å². The Morgan fingerprint density at radius 3 is 2.50 bits per heavy atom. The van der Waals surface area contributed by atoms with Crippen LogP contribution in [-0.4, -0.2) is 32.1 Å².